The van der Waals surface area contributed by atoms with Crippen molar-refractivity contribution >= 4 is 71.3 Å². The van der Waals surface area contributed by atoms with E-state index in [2.05, 4.69) is 174 Å². The zero-order chi connectivity index (χ0) is 33.0. The van der Waals surface area contributed by atoms with E-state index in [1.165, 1.54) is 54.6 Å². The van der Waals surface area contributed by atoms with Gasteiger partial charge in [0.1, 0.15) is 11.2 Å². The molecule has 10 aromatic rings. The summed E-state index contributed by atoms with van der Waals surface area (Å²) in [6, 6.07) is 61.0. The second kappa shape index (κ2) is 11.5. The molecule has 10 rings (SSSR count). The van der Waals surface area contributed by atoms with Crippen molar-refractivity contribution in [3.05, 3.63) is 182 Å². The molecule has 0 N–H and O–H groups in total. The Morgan fingerprint density at radius 2 is 0.940 bits per heavy atom. The summed E-state index contributed by atoms with van der Waals surface area (Å²) in [5.74, 6) is 0. The van der Waals surface area contributed by atoms with Gasteiger partial charge in [0.2, 0.25) is 0 Å². The van der Waals surface area contributed by atoms with Crippen LogP contribution < -0.4 is 4.90 Å². The van der Waals surface area contributed by atoms with Crippen LogP contribution in [-0.2, 0) is 0 Å². The summed E-state index contributed by atoms with van der Waals surface area (Å²) >= 11 is 0. The molecule has 0 radical (unpaired) electrons. The maximum absolute atomic E-state index is 6.29. The van der Waals surface area contributed by atoms with E-state index >= 15 is 0 Å². The largest absolute Gasteiger partial charge is 0.456 e. The Morgan fingerprint density at radius 3 is 1.72 bits per heavy atom. The van der Waals surface area contributed by atoms with E-state index in [1.54, 1.807) is 6.20 Å². The number of hydrogen-bond acceptors (Lipinski definition) is 3. The highest BCUT2D eigenvalue weighted by Crippen LogP contribution is 2.40. The monoisotopic (exact) mass is 638 g/mol. The molecule has 0 saturated heterocycles. The van der Waals surface area contributed by atoms with Crippen LogP contribution in [0, 0.1) is 0 Å². The average Bonchev–Trinajstić information content (AvgIpc) is 3.56. The van der Waals surface area contributed by atoms with Crippen molar-refractivity contribution in [3.8, 4) is 22.3 Å². The van der Waals surface area contributed by atoms with Gasteiger partial charge in [-0.15, -0.1) is 0 Å². The van der Waals surface area contributed by atoms with E-state index in [0.29, 0.717) is 0 Å². The van der Waals surface area contributed by atoms with Gasteiger partial charge in [-0.25, -0.2) is 0 Å². The summed E-state index contributed by atoms with van der Waals surface area (Å²) < 4.78 is 6.29. The molecule has 2 heterocycles. The zero-order valence-electron chi connectivity index (χ0n) is 27.1. The quantitative estimate of drug-likeness (QED) is 0.176. The van der Waals surface area contributed by atoms with E-state index < -0.39 is 0 Å². The molecule has 0 unspecified atom stereocenters. The molecule has 8 aromatic carbocycles. The lowest BCUT2D eigenvalue weighted by Crippen LogP contribution is -2.09. The van der Waals surface area contributed by atoms with E-state index in [-0.39, 0.29) is 0 Å². The van der Waals surface area contributed by atoms with Crippen molar-refractivity contribution < 1.29 is 4.42 Å². The molecule has 2 aromatic heterocycles. The molecule has 0 aliphatic rings. The maximum atomic E-state index is 6.29. The molecule has 234 valence electrons. The first-order chi connectivity index (χ1) is 24.8. The van der Waals surface area contributed by atoms with Gasteiger partial charge in [-0.05, 0) is 103 Å². The van der Waals surface area contributed by atoms with Crippen LogP contribution in [0.4, 0.5) is 17.1 Å². The minimum absolute atomic E-state index is 0.838. The molecule has 0 aliphatic carbocycles. The Hall–Kier alpha value is -6.71. The van der Waals surface area contributed by atoms with Gasteiger partial charge >= 0.3 is 0 Å². The second-order valence-electron chi connectivity index (χ2n) is 12.8. The van der Waals surface area contributed by atoms with Crippen LogP contribution in [0.15, 0.2) is 187 Å². The number of benzene rings is 8. The predicted molar refractivity (Wildman–Crippen MR) is 210 cm³/mol. The number of pyridine rings is 1. The third-order valence-electron chi connectivity index (χ3n) is 9.95. The van der Waals surface area contributed by atoms with Gasteiger partial charge < -0.3 is 9.32 Å². The molecule has 3 heteroatoms. The molecule has 0 bridgehead atoms. The molecule has 0 fully saturated rings. The van der Waals surface area contributed by atoms with Crippen LogP contribution in [0.25, 0.3) is 76.5 Å². The Morgan fingerprint density at radius 1 is 0.360 bits per heavy atom. The van der Waals surface area contributed by atoms with Crippen molar-refractivity contribution in [1.29, 1.82) is 0 Å². The number of nitrogens with zero attached hydrogens (tertiary/aromatic N) is 2. The minimum Gasteiger partial charge on any atom is -0.456 e. The normalized spacial score (nSPS) is 11.6. The third kappa shape index (κ3) is 4.71. The Labute approximate surface area is 289 Å². The lowest BCUT2D eigenvalue weighted by atomic mass is 9.95. The highest BCUT2D eigenvalue weighted by Gasteiger charge is 2.16. The first-order valence-electron chi connectivity index (χ1n) is 16.9. The Balaban J connectivity index is 1.05. The second-order valence-corrected chi connectivity index (χ2v) is 12.8. The number of anilines is 3. The van der Waals surface area contributed by atoms with Gasteiger partial charge in [-0.1, -0.05) is 115 Å². The molecule has 3 nitrogen and oxygen atoms in total. The summed E-state index contributed by atoms with van der Waals surface area (Å²) in [5.41, 5.74) is 9.59. The fourth-order valence-corrected chi connectivity index (χ4v) is 7.44. The van der Waals surface area contributed by atoms with Crippen LogP contribution in [-0.4, -0.2) is 4.98 Å². The van der Waals surface area contributed by atoms with Crippen LogP contribution in [0.3, 0.4) is 0 Å². The average molecular weight is 639 g/mol. The minimum atomic E-state index is 0.838. The van der Waals surface area contributed by atoms with Crippen molar-refractivity contribution in [2.75, 3.05) is 4.90 Å². The number of fused-ring (bicyclic) bond motifs is 8. The molecule has 50 heavy (non-hydrogen) atoms. The predicted octanol–water partition coefficient (Wildman–Crippen LogP) is 13.2. The smallest absolute Gasteiger partial charge is 0.138 e. The van der Waals surface area contributed by atoms with Crippen molar-refractivity contribution in [3.63, 3.8) is 0 Å². The van der Waals surface area contributed by atoms with Gasteiger partial charge in [0.05, 0.1) is 0 Å². The fourth-order valence-electron chi connectivity index (χ4n) is 7.44. The van der Waals surface area contributed by atoms with E-state index in [4.69, 9.17) is 4.42 Å². The Kier molecular flexibility index (Phi) is 6.49. The lowest BCUT2D eigenvalue weighted by molar-refractivity contribution is 0.668. The van der Waals surface area contributed by atoms with E-state index in [9.17, 15) is 0 Å². The van der Waals surface area contributed by atoms with Crippen molar-refractivity contribution in [2.24, 2.45) is 0 Å². The zero-order valence-corrected chi connectivity index (χ0v) is 27.1. The van der Waals surface area contributed by atoms with Crippen LogP contribution in [0.2, 0.25) is 0 Å². The highest BCUT2D eigenvalue weighted by molar-refractivity contribution is 6.17. The van der Waals surface area contributed by atoms with E-state index in [1.807, 2.05) is 12.3 Å². The molecule has 0 spiro atoms. The number of aromatic nitrogens is 1. The summed E-state index contributed by atoms with van der Waals surface area (Å²) in [6.07, 6.45) is 3.64. The van der Waals surface area contributed by atoms with Gasteiger partial charge in [0.15, 0.2) is 0 Å². The van der Waals surface area contributed by atoms with Gasteiger partial charge in [0.25, 0.3) is 0 Å². The van der Waals surface area contributed by atoms with E-state index in [0.717, 1.165) is 39.0 Å². The van der Waals surface area contributed by atoms with Crippen LogP contribution in [0.5, 0.6) is 0 Å². The molecule has 0 saturated carbocycles. The molecule has 0 atom stereocenters. The molecule has 0 amide bonds. The highest BCUT2D eigenvalue weighted by atomic mass is 16.3. The van der Waals surface area contributed by atoms with Gasteiger partial charge in [-0.2, -0.15) is 0 Å². The topological polar surface area (TPSA) is 29.3 Å². The van der Waals surface area contributed by atoms with Gasteiger partial charge in [-0.3, -0.25) is 4.98 Å². The lowest BCUT2D eigenvalue weighted by Gasteiger charge is -2.26. The number of hydrogen-bond donors (Lipinski definition) is 0. The maximum Gasteiger partial charge on any atom is 0.138 e. The fraction of sp³-hybridized carbons (Fsp3) is 0. The standard InChI is InChI=1S/C47H30N2O/c1-2-6-31(7-3-1)32-10-17-37(18-11-32)49(39-21-25-44-45-30-48-27-26-46(45)50-47(44)29-39)38-19-12-33(13-20-38)35-15-22-41-36(28-35)16-24-42-40-9-5-4-8-34(40)14-23-43(41)42/h1-30H. The van der Waals surface area contributed by atoms with Crippen LogP contribution >= 0.6 is 0 Å². The SMILES string of the molecule is c1ccc(-c2ccc(N(c3ccc(-c4ccc5c(ccc6c7ccccc7ccc56)c4)cc3)c3ccc4c(c3)oc3ccncc34)cc2)cc1. The van der Waals surface area contributed by atoms with Gasteiger partial charge in [0, 0.05) is 46.3 Å². The summed E-state index contributed by atoms with van der Waals surface area (Å²) in [7, 11) is 0. The summed E-state index contributed by atoms with van der Waals surface area (Å²) in [6.45, 7) is 0. The first-order valence-corrected chi connectivity index (χ1v) is 16.9. The number of furan rings is 1. The first kappa shape index (κ1) is 28.3. The third-order valence-corrected chi connectivity index (χ3v) is 9.95. The van der Waals surface area contributed by atoms with Crippen LogP contribution in [0.1, 0.15) is 0 Å². The number of rotatable bonds is 5. The Bertz CT molecular complexity index is 2850. The van der Waals surface area contributed by atoms with Crippen molar-refractivity contribution in [1.82, 2.24) is 4.98 Å². The summed E-state index contributed by atoms with van der Waals surface area (Å²) in [4.78, 5) is 6.62. The molecule has 0 aliphatic heterocycles. The summed E-state index contributed by atoms with van der Waals surface area (Å²) in [5, 5.41) is 9.74. The molecular weight excluding hydrogens is 609 g/mol. The molecular formula is C47H30N2O. The van der Waals surface area contributed by atoms with Crippen molar-refractivity contribution in [2.45, 2.75) is 0 Å².